The van der Waals surface area contributed by atoms with Gasteiger partial charge in [-0.25, -0.2) is 14.8 Å². The van der Waals surface area contributed by atoms with Gasteiger partial charge in [-0.3, -0.25) is 0 Å². The SMILES string of the molecule is Cc1cnc(N[C@H]2CC[C@H](N[C@H](C)CO[C@H](C)C(=O)O)CC2)cc1-c1cccc(NCC2(C#N)CCOCC2)n1. The first-order valence-electron chi connectivity index (χ1n) is 14.3. The minimum atomic E-state index is -0.939. The van der Waals surface area contributed by atoms with Crippen molar-refractivity contribution in [3.63, 3.8) is 0 Å². The van der Waals surface area contributed by atoms with Crippen molar-refractivity contribution in [1.29, 1.82) is 5.26 Å². The molecule has 2 aromatic rings. The molecule has 0 unspecified atom stereocenters. The largest absolute Gasteiger partial charge is 0.479 e. The first kappa shape index (κ1) is 29.7. The maximum Gasteiger partial charge on any atom is 0.332 e. The highest BCUT2D eigenvalue weighted by Crippen LogP contribution is 2.31. The Hall–Kier alpha value is -3.26. The number of hydrogen-bond acceptors (Lipinski definition) is 9. The summed E-state index contributed by atoms with van der Waals surface area (Å²) in [6, 6.07) is 11.3. The lowest BCUT2D eigenvalue weighted by Crippen LogP contribution is -2.43. The molecule has 0 radical (unpaired) electrons. The zero-order valence-electron chi connectivity index (χ0n) is 23.8. The number of carboxylic acids is 1. The van der Waals surface area contributed by atoms with E-state index >= 15 is 0 Å². The second-order valence-corrected chi connectivity index (χ2v) is 11.2. The molecule has 1 aliphatic heterocycles. The van der Waals surface area contributed by atoms with Gasteiger partial charge in [0.2, 0.25) is 0 Å². The molecule has 10 nitrogen and oxygen atoms in total. The summed E-state index contributed by atoms with van der Waals surface area (Å²) in [6.45, 7) is 7.79. The molecule has 40 heavy (non-hydrogen) atoms. The highest BCUT2D eigenvalue weighted by molar-refractivity contribution is 5.71. The quantitative estimate of drug-likeness (QED) is 0.301. The summed E-state index contributed by atoms with van der Waals surface area (Å²) >= 11 is 0. The van der Waals surface area contributed by atoms with E-state index < -0.39 is 17.5 Å². The first-order valence-corrected chi connectivity index (χ1v) is 14.3. The van der Waals surface area contributed by atoms with Crippen LogP contribution >= 0.6 is 0 Å². The van der Waals surface area contributed by atoms with Gasteiger partial charge in [0.15, 0.2) is 6.10 Å². The molecule has 1 saturated carbocycles. The minimum absolute atomic E-state index is 0.0949. The van der Waals surface area contributed by atoms with E-state index in [1.165, 1.54) is 0 Å². The highest BCUT2D eigenvalue weighted by atomic mass is 16.5. The molecular weight excluding hydrogens is 508 g/mol. The third-order valence-corrected chi connectivity index (χ3v) is 7.97. The van der Waals surface area contributed by atoms with Gasteiger partial charge in [-0.1, -0.05) is 6.07 Å². The molecule has 2 atom stereocenters. The number of hydrogen-bond donors (Lipinski definition) is 4. The van der Waals surface area contributed by atoms with Crippen LogP contribution in [0, 0.1) is 23.7 Å². The first-order chi connectivity index (χ1) is 19.3. The molecule has 0 bridgehead atoms. The van der Waals surface area contributed by atoms with Crippen molar-refractivity contribution in [2.45, 2.75) is 83.5 Å². The van der Waals surface area contributed by atoms with Crippen molar-refractivity contribution in [2.24, 2.45) is 5.41 Å². The molecule has 10 heteroatoms. The van der Waals surface area contributed by atoms with E-state index in [0.29, 0.717) is 38.4 Å². The van der Waals surface area contributed by atoms with Crippen LogP contribution in [0.2, 0.25) is 0 Å². The number of anilines is 2. The number of carbonyl (C=O) groups is 1. The van der Waals surface area contributed by atoms with Crippen molar-refractivity contribution < 1.29 is 19.4 Å². The number of carboxylic acid groups (broad SMARTS) is 1. The van der Waals surface area contributed by atoms with Gasteiger partial charge in [-0.2, -0.15) is 5.26 Å². The maximum absolute atomic E-state index is 10.9. The van der Waals surface area contributed by atoms with Crippen molar-refractivity contribution in [2.75, 3.05) is 37.0 Å². The van der Waals surface area contributed by atoms with E-state index in [-0.39, 0.29) is 6.04 Å². The molecule has 2 aromatic heterocycles. The van der Waals surface area contributed by atoms with Crippen LogP contribution in [0.1, 0.15) is 57.9 Å². The lowest BCUT2D eigenvalue weighted by atomic mass is 9.82. The average molecular weight is 551 g/mol. The molecule has 4 N–H and O–H groups in total. The number of ether oxygens (including phenoxy) is 2. The Morgan fingerprint density at radius 3 is 2.62 bits per heavy atom. The normalized spacial score (nSPS) is 22.1. The van der Waals surface area contributed by atoms with E-state index in [9.17, 15) is 10.1 Å². The number of nitriles is 1. The van der Waals surface area contributed by atoms with E-state index in [1.54, 1.807) is 6.92 Å². The topological polar surface area (TPSA) is 141 Å². The predicted octanol–water partition coefficient (Wildman–Crippen LogP) is 4.38. The van der Waals surface area contributed by atoms with Crippen LogP contribution in [0.3, 0.4) is 0 Å². The second-order valence-electron chi connectivity index (χ2n) is 11.2. The van der Waals surface area contributed by atoms with Gasteiger partial charge in [-0.05, 0) is 83.1 Å². The van der Waals surface area contributed by atoms with Gasteiger partial charge in [0, 0.05) is 49.6 Å². The maximum atomic E-state index is 10.9. The summed E-state index contributed by atoms with van der Waals surface area (Å²) in [4.78, 5) is 20.4. The van der Waals surface area contributed by atoms with Crippen LogP contribution < -0.4 is 16.0 Å². The summed E-state index contributed by atoms with van der Waals surface area (Å²) in [5.74, 6) is 0.658. The van der Waals surface area contributed by atoms with Gasteiger partial charge in [-0.15, -0.1) is 0 Å². The van der Waals surface area contributed by atoms with E-state index in [4.69, 9.17) is 19.6 Å². The standard InChI is InChI=1S/C30H42N6O4/c1-20-16-32-28(35-24-9-7-23(8-10-24)34-21(2)17-40-22(3)29(37)38)15-25(20)26-5-4-6-27(36-26)33-19-30(18-31)11-13-39-14-12-30/h4-6,15-16,21-24,34H,7-14,17,19H2,1-3H3,(H,32,35)(H,33,36)(H,37,38)/t21-,22-,23-,24-/m1/s1. The fraction of sp³-hybridized carbons (Fsp3) is 0.600. The zero-order valence-corrected chi connectivity index (χ0v) is 23.8. The summed E-state index contributed by atoms with van der Waals surface area (Å²) in [5, 5.41) is 29.3. The molecule has 0 amide bonds. The number of rotatable bonds is 12. The predicted molar refractivity (Wildman–Crippen MR) is 154 cm³/mol. The lowest BCUT2D eigenvalue weighted by Gasteiger charge is -2.32. The number of aromatic nitrogens is 2. The van der Waals surface area contributed by atoms with Crippen LogP contribution in [-0.2, 0) is 14.3 Å². The molecule has 2 aliphatic rings. The van der Waals surface area contributed by atoms with Crippen molar-refractivity contribution in [3.05, 3.63) is 36.0 Å². The monoisotopic (exact) mass is 550 g/mol. The Labute approximate surface area is 236 Å². The molecule has 4 rings (SSSR count). The number of aliphatic carboxylic acids is 1. The third kappa shape index (κ3) is 8.13. The van der Waals surface area contributed by atoms with Gasteiger partial charge >= 0.3 is 5.97 Å². The minimum Gasteiger partial charge on any atom is -0.479 e. The van der Waals surface area contributed by atoms with Crippen molar-refractivity contribution in [1.82, 2.24) is 15.3 Å². The molecule has 0 aromatic carbocycles. The Morgan fingerprint density at radius 2 is 1.93 bits per heavy atom. The lowest BCUT2D eigenvalue weighted by molar-refractivity contribution is -0.149. The molecule has 0 spiro atoms. The van der Waals surface area contributed by atoms with Gasteiger partial charge in [0.1, 0.15) is 11.6 Å². The number of pyridine rings is 2. The fourth-order valence-corrected chi connectivity index (χ4v) is 5.34. The van der Waals surface area contributed by atoms with Crippen LogP contribution in [0.25, 0.3) is 11.3 Å². The van der Waals surface area contributed by atoms with Gasteiger partial charge < -0.3 is 30.5 Å². The Morgan fingerprint density at radius 1 is 1.20 bits per heavy atom. The van der Waals surface area contributed by atoms with Crippen LogP contribution in [0.4, 0.5) is 11.6 Å². The van der Waals surface area contributed by atoms with Crippen LogP contribution in [0.5, 0.6) is 0 Å². The Balaban J connectivity index is 1.31. The number of nitrogens with zero attached hydrogens (tertiary/aromatic N) is 3. The van der Waals surface area contributed by atoms with E-state index in [2.05, 4.69) is 33.1 Å². The zero-order chi connectivity index (χ0) is 28.5. The summed E-state index contributed by atoms with van der Waals surface area (Å²) in [6.07, 6.45) is 6.65. The molecule has 1 saturated heterocycles. The van der Waals surface area contributed by atoms with Gasteiger partial charge in [0.05, 0.1) is 23.8 Å². The van der Waals surface area contributed by atoms with Crippen molar-refractivity contribution in [3.8, 4) is 17.3 Å². The highest BCUT2D eigenvalue weighted by Gasteiger charge is 2.32. The summed E-state index contributed by atoms with van der Waals surface area (Å²) in [7, 11) is 0. The fourth-order valence-electron chi connectivity index (χ4n) is 5.34. The van der Waals surface area contributed by atoms with Crippen LogP contribution in [0.15, 0.2) is 30.5 Å². The summed E-state index contributed by atoms with van der Waals surface area (Å²) < 4.78 is 10.9. The second kappa shape index (κ2) is 13.9. The van der Waals surface area contributed by atoms with E-state index in [1.807, 2.05) is 38.2 Å². The van der Waals surface area contributed by atoms with Crippen molar-refractivity contribution >= 4 is 17.6 Å². The molecule has 1 aliphatic carbocycles. The van der Waals surface area contributed by atoms with Gasteiger partial charge in [0.25, 0.3) is 0 Å². The average Bonchev–Trinajstić information content (AvgIpc) is 2.97. The third-order valence-electron chi connectivity index (χ3n) is 7.97. The molecule has 3 heterocycles. The number of aryl methyl sites for hydroxylation is 1. The molecule has 2 fully saturated rings. The Bertz CT molecular complexity index is 1170. The van der Waals surface area contributed by atoms with Crippen LogP contribution in [-0.4, -0.2) is 71.6 Å². The molecule has 216 valence electrons. The summed E-state index contributed by atoms with van der Waals surface area (Å²) in [5.41, 5.74) is 2.53. The Kier molecular flexibility index (Phi) is 10.3. The van der Waals surface area contributed by atoms with E-state index in [0.717, 1.165) is 67.0 Å². The smallest absolute Gasteiger partial charge is 0.332 e. The number of nitrogens with one attached hydrogen (secondary N) is 3. The molecular formula is C30H42N6O4.